The van der Waals surface area contributed by atoms with Gasteiger partial charge in [0.2, 0.25) is 0 Å². The molecule has 2 amide bonds. The van der Waals surface area contributed by atoms with Crippen LogP contribution in [0.25, 0.3) is 5.76 Å². The molecule has 1 N–H and O–H groups in total. The van der Waals surface area contributed by atoms with E-state index in [-0.39, 0.29) is 12.1 Å². The number of nitrogens with zero attached hydrogens (tertiary/aromatic N) is 2. The van der Waals surface area contributed by atoms with E-state index >= 15 is 0 Å². The van der Waals surface area contributed by atoms with Crippen LogP contribution in [-0.2, 0) is 24.7 Å². The zero-order valence-corrected chi connectivity index (χ0v) is 19.1. The van der Waals surface area contributed by atoms with Crippen LogP contribution >= 0.6 is 0 Å². The van der Waals surface area contributed by atoms with Gasteiger partial charge in [0.1, 0.15) is 18.1 Å². The number of aliphatic hydroxyl groups excluding tert-OH is 1. The third-order valence-electron chi connectivity index (χ3n) is 6.17. The molecule has 0 bridgehead atoms. The van der Waals surface area contributed by atoms with E-state index < -0.39 is 28.9 Å². The molecule has 4 rings (SSSR count). The molecule has 2 aromatic carbocycles. The number of methoxy groups -OCH3 is 1. The van der Waals surface area contributed by atoms with Crippen molar-refractivity contribution in [3.63, 3.8) is 0 Å². The summed E-state index contributed by atoms with van der Waals surface area (Å²) in [5.41, 5.74) is -0.650. The number of ether oxygens (including phenoxy) is 2. The van der Waals surface area contributed by atoms with Crippen molar-refractivity contribution in [3.8, 4) is 5.75 Å². The predicted molar refractivity (Wildman–Crippen MR) is 126 cm³/mol. The average Bonchev–Trinajstić information content (AvgIpc) is 3.21. The van der Waals surface area contributed by atoms with Crippen molar-refractivity contribution in [2.75, 3.05) is 38.8 Å². The van der Waals surface area contributed by atoms with Gasteiger partial charge in [-0.3, -0.25) is 14.4 Å². The SMILES string of the molecule is C=CCOc1ccc(C(O)=C2C(=O)C(=O)N(CCCOC)[C@@]23C(=O)N(C)c2ccccc23)cc1. The van der Waals surface area contributed by atoms with Crippen molar-refractivity contribution >= 4 is 29.0 Å². The summed E-state index contributed by atoms with van der Waals surface area (Å²) in [5, 5.41) is 11.3. The number of benzene rings is 2. The molecule has 2 aromatic rings. The number of likely N-dealkylation sites (N-methyl/N-ethyl adjacent to an activating group) is 1. The third-order valence-corrected chi connectivity index (χ3v) is 6.17. The van der Waals surface area contributed by atoms with Crippen LogP contribution in [0, 0.1) is 0 Å². The maximum Gasteiger partial charge on any atom is 0.296 e. The van der Waals surface area contributed by atoms with Gasteiger partial charge in [0.15, 0.2) is 5.54 Å². The standard InChI is InChI=1S/C26H26N2O6/c1-4-15-34-18-12-10-17(11-13-18)22(29)21-23(30)24(31)28(14-7-16-33-3)26(21)19-8-5-6-9-20(19)27(2)25(26)32/h4-6,8-13,29H,1,7,14-16H2,2-3H3/t26-/m1/s1. The zero-order valence-electron chi connectivity index (χ0n) is 19.1. The number of likely N-dealkylation sites (tertiary alicyclic amines) is 1. The van der Waals surface area contributed by atoms with Crippen LogP contribution in [0.2, 0.25) is 0 Å². The smallest absolute Gasteiger partial charge is 0.296 e. The summed E-state index contributed by atoms with van der Waals surface area (Å²) >= 11 is 0. The maximum atomic E-state index is 13.8. The highest BCUT2D eigenvalue weighted by Gasteiger charge is 2.66. The quantitative estimate of drug-likeness (QED) is 0.213. The normalized spacial score (nSPS) is 20.8. The van der Waals surface area contributed by atoms with Gasteiger partial charge in [-0.25, -0.2) is 0 Å². The molecule has 0 aromatic heterocycles. The number of carbonyl (C=O) groups excluding carboxylic acids is 3. The van der Waals surface area contributed by atoms with Gasteiger partial charge >= 0.3 is 0 Å². The van der Waals surface area contributed by atoms with Gasteiger partial charge in [-0.05, 0) is 36.8 Å². The number of anilines is 1. The Morgan fingerprint density at radius 2 is 1.82 bits per heavy atom. The number of ketones is 1. The molecular formula is C26H26N2O6. The van der Waals surface area contributed by atoms with E-state index in [1.54, 1.807) is 61.7 Å². The van der Waals surface area contributed by atoms with Crippen molar-refractivity contribution in [2.24, 2.45) is 0 Å². The summed E-state index contributed by atoms with van der Waals surface area (Å²) in [4.78, 5) is 43.1. The van der Waals surface area contributed by atoms with Gasteiger partial charge in [0.05, 0.1) is 5.57 Å². The number of fused-ring (bicyclic) bond motifs is 2. The number of carbonyl (C=O) groups is 3. The number of amides is 2. The lowest BCUT2D eigenvalue weighted by Gasteiger charge is -2.34. The highest BCUT2D eigenvalue weighted by molar-refractivity contribution is 6.50. The van der Waals surface area contributed by atoms with Crippen LogP contribution in [0.3, 0.4) is 0 Å². The molecule has 8 nitrogen and oxygen atoms in total. The Kier molecular flexibility index (Phi) is 6.26. The van der Waals surface area contributed by atoms with E-state index in [4.69, 9.17) is 9.47 Å². The minimum atomic E-state index is -1.75. The molecule has 0 saturated carbocycles. The molecule has 1 atom stereocenters. The summed E-state index contributed by atoms with van der Waals surface area (Å²) in [6.07, 6.45) is 2.03. The lowest BCUT2D eigenvalue weighted by atomic mass is 9.82. The van der Waals surface area contributed by atoms with Crippen LogP contribution in [0.15, 0.2) is 66.8 Å². The van der Waals surface area contributed by atoms with Gasteiger partial charge in [0, 0.05) is 44.1 Å². The highest BCUT2D eigenvalue weighted by Crippen LogP contribution is 2.53. The zero-order chi connectivity index (χ0) is 24.5. The van der Waals surface area contributed by atoms with Crippen LogP contribution in [0.4, 0.5) is 5.69 Å². The van der Waals surface area contributed by atoms with Gasteiger partial charge in [0.25, 0.3) is 17.6 Å². The second-order valence-corrected chi connectivity index (χ2v) is 8.07. The first kappa shape index (κ1) is 23.3. The van der Waals surface area contributed by atoms with Crippen molar-refractivity contribution in [1.29, 1.82) is 0 Å². The highest BCUT2D eigenvalue weighted by atomic mass is 16.5. The Morgan fingerprint density at radius 1 is 1.12 bits per heavy atom. The molecule has 34 heavy (non-hydrogen) atoms. The van der Waals surface area contributed by atoms with E-state index in [2.05, 4.69) is 6.58 Å². The summed E-state index contributed by atoms with van der Waals surface area (Å²) < 4.78 is 10.6. The molecule has 176 valence electrons. The van der Waals surface area contributed by atoms with Crippen LogP contribution in [0.5, 0.6) is 5.75 Å². The van der Waals surface area contributed by atoms with Crippen LogP contribution < -0.4 is 9.64 Å². The number of para-hydroxylation sites is 1. The van der Waals surface area contributed by atoms with Crippen molar-refractivity contribution in [2.45, 2.75) is 12.0 Å². The lowest BCUT2D eigenvalue weighted by molar-refractivity contribution is -0.143. The summed E-state index contributed by atoms with van der Waals surface area (Å²) in [6.45, 7) is 4.37. The van der Waals surface area contributed by atoms with E-state index in [0.29, 0.717) is 42.2 Å². The number of rotatable bonds is 8. The van der Waals surface area contributed by atoms with Crippen LogP contribution in [-0.4, -0.2) is 61.5 Å². The second-order valence-electron chi connectivity index (χ2n) is 8.07. The topological polar surface area (TPSA) is 96.4 Å². The molecule has 2 aliphatic heterocycles. The molecule has 0 aliphatic carbocycles. The average molecular weight is 463 g/mol. The molecule has 2 heterocycles. The van der Waals surface area contributed by atoms with E-state index in [1.165, 1.54) is 16.9 Å². The molecule has 0 radical (unpaired) electrons. The minimum absolute atomic E-state index is 0.109. The van der Waals surface area contributed by atoms with Gasteiger partial charge in [-0.15, -0.1) is 0 Å². The Hall–Kier alpha value is -3.91. The fourth-order valence-corrected chi connectivity index (χ4v) is 4.65. The minimum Gasteiger partial charge on any atom is -0.507 e. The summed E-state index contributed by atoms with van der Waals surface area (Å²) in [6, 6.07) is 13.4. The number of hydrogen-bond acceptors (Lipinski definition) is 6. The van der Waals surface area contributed by atoms with E-state index in [9.17, 15) is 19.5 Å². The number of aliphatic hydroxyl groups is 1. The fraction of sp³-hybridized carbons (Fsp3) is 0.269. The molecular weight excluding hydrogens is 436 g/mol. The maximum absolute atomic E-state index is 13.8. The van der Waals surface area contributed by atoms with Crippen molar-refractivity contribution in [1.82, 2.24) is 4.90 Å². The monoisotopic (exact) mass is 462 g/mol. The largest absolute Gasteiger partial charge is 0.507 e. The van der Waals surface area contributed by atoms with Gasteiger partial charge in [-0.1, -0.05) is 30.9 Å². The summed E-state index contributed by atoms with van der Waals surface area (Å²) in [5.74, 6) is -2.07. The fourth-order valence-electron chi connectivity index (χ4n) is 4.65. The first-order valence-corrected chi connectivity index (χ1v) is 10.9. The molecule has 0 unspecified atom stereocenters. The lowest BCUT2D eigenvalue weighted by Crippen LogP contribution is -2.51. The predicted octanol–water partition coefficient (Wildman–Crippen LogP) is 2.84. The van der Waals surface area contributed by atoms with Gasteiger partial charge in [-0.2, -0.15) is 0 Å². The first-order valence-electron chi connectivity index (χ1n) is 10.9. The Bertz CT molecular complexity index is 1190. The summed E-state index contributed by atoms with van der Waals surface area (Å²) in [7, 11) is 3.13. The Labute approximate surface area is 197 Å². The number of hydrogen-bond donors (Lipinski definition) is 1. The van der Waals surface area contributed by atoms with Gasteiger partial charge < -0.3 is 24.4 Å². The Morgan fingerprint density at radius 3 is 2.50 bits per heavy atom. The Balaban J connectivity index is 1.92. The molecule has 8 heteroatoms. The third kappa shape index (κ3) is 3.38. The molecule has 1 fully saturated rings. The van der Waals surface area contributed by atoms with Crippen molar-refractivity contribution < 1.29 is 29.0 Å². The first-order chi connectivity index (χ1) is 16.4. The van der Waals surface area contributed by atoms with E-state index in [0.717, 1.165) is 0 Å². The molecule has 1 saturated heterocycles. The number of Topliss-reactive ketones (excluding diaryl/α,β-unsaturated/α-hetero) is 1. The van der Waals surface area contributed by atoms with Crippen LogP contribution in [0.1, 0.15) is 17.5 Å². The van der Waals surface area contributed by atoms with Crippen molar-refractivity contribution in [3.05, 3.63) is 77.9 Å². The van der Waals surface area contributed by atoms with E-state index in [1.807, 2.05) is 0 Å². The second kappa shape index (κ2) is 9.15. The molecule has 1 spiro atoms. The molecule has 2 aliphatic rings.